The number of rotatable bonds is 9. The molecule has 5 nitrogen and oxygen atoms in total. The van der Waals surface area contributed by atoms with Gasteiger partial charge in [0.2, 0.25) is 0 Å². The van der Waals surface area contributed by atoms with E-state index in [1.807, 2.05) is 92.7 Å². The lowest BCUT2D eigenvalue weighted by Crippen LogP contribution is -2.19. The number of carbonyl (C=O) groups excluding carboxylic acids is 1. The number of thioether (sulfide) groups is 1. The summed E-state index contributed by atoms with van der Waals surface area (Å²) in [6, 6.07) is 21.8. The smallest absolute Gasteiger partial charge is 0.264 e. The van der Waals surface area contributed by atoms with Crippen LogP contribution in [0.4, 0.5) is 5.69 Å². The van der Waals surface area contributed by atoms with Gasteiger partial charge in [-0.1, -0.05) is 54.1 Å². The van der Waals surface area contributed by atoms with E-state index in [-0.39, 0.29) is 5.91 Å². The van der Waals surface area contributed by atoms with E-state index in [4.69, 9.17) is 9.47 Å². The van der Waals surface area contributed by atoms with Crippen molar-refractivity contribution in [2.45, 2.75) is 26.9 Å². The molecule has 1 saturated heterocycles. The van der Waals surface area contributed by atoms with Crippen molar-refractivity contribution in [2.75, 3.05) is 6.61 Å². The van der Waals surface area contributed by atoms with E-state index in [9.17, 15) is 4.79 Å². The number of carbonyl (C=O) groups is 1. The molecule has 6 heteroatoms. The fourth-order valence-corrected chi connectivity index (χ4v) is 4.44. The minimum absolute atomic E-state index is 0.173. The van der Waals surface area contributed by atoms with Gasteiger partial charge in [-0.25, -0.2) is 4.99 Å². The van der Waals surface area contributed by atoms with Crippen molar-refractivity contribution in [1.82, 2.24) is 5.32 Å². The molecule has 35 heavy (non-hydrogen) atoms. The molecule has 0 aromatic heterocycles. The molecule has 1 N–H and O–H groups in total. The Kier molecular flexibility index (Phi) is 8.06. The van der Waals surface area contributed by atoms with Gasteiger partial charge in [-0.05, 0) is 73.5 Å². The van der Waals surface area contributed by atoms with Crippen molar-refractivity contribution in [3.8, 4) is 11.5 Å². The maximum Gasteiger partial charge on any atom is 0.264 e. The van der Waals surface area contributed by atoms with Crippen LogP contribution in [0.25, 0.3) is 6.08 Å². The molecule has 1 aliphatic heterocycles. The van der Waals surface area contributed by atoms with Crippen LogP contribution in [-0.2, 0) is 17.8 Å². The normalized spacial score (nSPS) is 15.3. The first kappa shape index (κ1) is 24.4. The van der Waals surface area contributed by atoms with Gasteiger partial charge in [0.1, 0.15) is 6.61 Å². The summed E-state index contributed by atoms with van der Waals surface area (Å²) in [7, 11) is 0. The summed E-state index contributed by atoms with van der Waals surface area (Å²) in [4.78, 5) is 17.7. The van der Waals surface area contributed by atoms with E-state index >= 15 is 0 Å². The highest BCUT2D eigenvalue weighted by atomic mass is 32.2. The van der Waals surface area contributed by atoms with E-state index in [2.05, 4.69) is 16.9 Å². The molecule has 1 heterocycles. The summed E-state index contributed by atoms with van der Waals surface area (Å²) in [5.41, 5.74) is 4.84. The highest BCUT2D eigenvalue weighted by Crippen LogP contribution is 2.36. The fourth-order valence-electron chi connectivity index (χ4n) is 3.60. The van der Waals surface area contributed by atoms with Crippen LogP contribution in [0.2, 0.25) is 0 Å². The second kappa shape index (κ2) is 11.6. The minimum Gasteiger partial charge on any atom is -0.490 e. The third-order valence-electron chi connectivity index (χ3n) is 5.26. The van der Waals surface area contributed by atoms with Gasteiger partial charge >= 0.3 is 0 Å². The van der Waals surface area contributed by atoms with E-state index in [1.165, 1.54) is 11.8 Å². The number of allylic oxidation sites excluding steroid dienone is 1. The summed E-state index contributed by atoms with van der Waals surface area (Å²) in [6.07, 6.45) is 4.30. The molecule has 0 atom stereocenters. The van der Waals surface area contributed by atoms with Crippen LogP contribution in [0.3, 0.4) is 0 Å². The number of aliphatic imine (C=N–C) groups is 1. The average molecular weight is 485 g/mol. The Morgan fingerprint density at radius 3 is 2.54 bits per heavy atom. The topological polar surface area (TPSA) is 59.9 Å². The van der Waals surface area contributed by atoms with Crippen molar-refractivity contribution >= 4 is 34.6 Å². The average Bonchev–Trinajstić information content (AvgIpc) is 3.19. The van der Waals surface area contributed by atoms with E-state index < -0.39 is 0 Å². The minimum atomic E-state index is -0.173. The predicted molar refractivity (Wildman–Crippen MR) is 144 cm³/mol. The number of nitrogens with zero attached hydrogens (tertiary/aromatic N) is 1. The van der Waals surface area contributed by atoms with Crippen LogP contribution in [0.1, 0.15) is 29.2 Å². The molecule has 0 unspecified atom stereocenters. The lowest BCUT2D eigenvalue weighted by atomic mass is 10.0. The monoisotopic (exact) mass is 484 g/mol. The van der Waals surface area contributed by atoms with Crippen LogP contribution >= 0.6 is 11.8 Å². The van der Waals surface area contributed by atoms with Gasteiger partial charge in [0.05, 0.1) is 17.2 Å². The molecule has 3 aromatic carbocycles. The number of hydrogen-bond acceptors (Lipinski definition) is 5. The van der Waals surface area contributed by atoms with Crippen molar-refractivity contribution in [3.05, 3.63) is 107 Å². The molecular formula is C29H28N2O3S. The molecule has 1 fully saturated rings. The molecular weight excluding hydrogens is 456 g/mol. The second-order valence-corrected chi connectivity index (χ2v) is 9.06. The van der Waals surface area contributed by atoms with Gasteiger partial charge in [0.25, 0.3) is 5.91 Å². The summed E-state index contributed by atoms with van der Waals surface area (Å²) in [6.45, 7) is 8.79. The quantitative estimate of drug-likeness (QED) is 0.275. The van der Waals surface area contributed by atoms with Gasteiger partial charge in [-0.2, -0.15) is 0 Å². The van der Waals surface area contributed by atoms with Crippen molar-refractivity contribution in [3.63, 3.8) is 0 Å². The molecule has 178 valence electrons. The zero-order chi connectivity index (χ0) is 24.6. The zero-order valence-corrected chi connectivity index (χ0v) is 20.7. The standard InChI is InChI=1S/C29H28N2O3S/c1-4-9-23-16-22(17-25(33-5-2)27(23)34-19-21-10-7-6-8-11-21)18-26-28(32)31-29(35-26)30-24-14-12-20(3)13-15-24/h4,6-8,10-18H,1,5,9,19H2,2-3H3,(H,30,31,32)/b26-18+. The number of amides is 1. The number of amidine groups is 1. The molecule has 0 saturated carbocycles. The number of aryl methyl sites for hydroxylation is 1. The number of benzene rings is 3. The van der Waals surface area contributed by atoms with Crippen molar-refractivity contribution in [2.24, 2.45) is 4.99 Å². The van der Waals surface area contributed by atoms with E-state index in [1.54, 1.807) is 0 Å². The van der Waals surface area contributed by atoms with Gasteiger partial charge in [0.15, 0.2) is 16.7 Å². The van der Waals surface area contributed by atoms with E-state index in [0.717, 1.165) is 27.9 Å². The van der Waals surface area contributed by atoms with Crippen LogP contribution < -0.4 is 14.8 Å². The van der Waals surface area contributed by atoms with Crippen LogP contribution in [0, 0.1) is 6.92 Å². The van der Waals surface area contributed by atoms with Crippen molar-refractivity contribution < 1.29 is 14.3 Å². The Hall–Kier alpha value is -3.77. The predicted octanol–water partition coefficient (Wildman–Crippen LogP) is 6.59. The van der Waals surface area contributed by atoms with Gasteiger partial charge in [0, 0.05) is 5.56 Å². The third kappa shape index (κ3) is 6.43. The van der Waals surface area contributed by atoms with Crippen LogP contribution in [-0.4, -0.2) is 17.7 Å². The summed E-state index contributed by atoms with van der Waals surface area (Å²) in [5, 5.41) is 3.41. The summed E-state index contributed by atoms with van der Waals surface area (Å²) >= 11 is 1.32. The fraction of sp³-hybridized carbons (Fsp3) is 0.172. The molecule has 0 spiro atoms. The van der Waals surface area contributed by atoms with Crippen LogP contribution in [0.15, 0.2) is 89.3 Å². The highest BCUT2D eigenvalue weighted by Gasteiger charge is 2.24. The zero-order valence-electron chi connectivity index (χ0n) is 19.9. The third-order valence-corrected chi connectivity index (χ3v) is 6.17. The Bertz CT molecular complexity index is 1270. The van der Waals surface area contributed by atoms with Gasteiger partial charge < -0.3 is 14.8 Å². The van der Waals surface area contributed by atoms with Crippen molar-refractivity contribution in [1.29, 1.82) is 0 Å². The first-order chi connectivity index (χ1) is 17.1. The molecule has 3 aromatic rings. The first-order valence-corrected chi connectivity index (χ1v) is 12.3. The molecule has 0 aliphatic carbocycles. The SMILES string of the molecule is C=CCc1cc(/C=C2/SC(=Nc3ccc(C)cc3)NC2=O)cc(OCC)c1OCc1ccccc1. The maximum absolute atomic E-state index is 12.6. The molecule has 1 amide bonds. The summed E-state index contributed by atoms with van der Waals surface area (Å²) in [5.74, 6) is 1.17. The van der Waals surface area contributed by atoms with Gasteiger partial charge in [-0.15, -0.1) is 6.58 Å². The highest BCUT2D eigenvalue weighted by molar-refractivity contribution is 8.18. The molecule has 4 rings (SSSR count). The maximum atomic E-state index is 12.6. The second-order valence-electron chi connectivity index (χ2n) is 8.02. The number of nitrogens with one attached hydrogen (secondary N) is 1. The summed E-state index contributed by atoms with van der Waals surface area (Å²) < 4.78 is 12.1. The van der Waals surface area contributed by atoms with Crippen LogP contribution in [0.5, 0.6) is 11.5 Å². The Labute approximate surface area is 210 Å². The molecule has 0 radical (unpaired) electrons. The number of ether oxygens (including phenoxy) is 2. The molecule has 0 bridgehead atoms. The Morgan fingerprint density at radius 2 is 1.83 bits per heavy atom. The van der Waals surface area contributed by atoms with E-state index in [0.29, 0.717) is 41.2 Å². The lowest BCUT2D eigenvalue weighted by molar-refractivity contribution is -0.115. The Morgan fingerprint density at radius 1 is 1.06 bits per heavy atom. The first-order valence-electron chi connectivity index (χ1n) is 11.5. The number of hydrogen-bond donors (Lipinski definition) is 1. The Balaban J connectivity index is 1.61. The largest absolute Gasteiger partial charge is 0.490 e. The molecule has 1 aliphatic rings. The lowest BCUT2D eigenvalue weighted by Gasteiger charge is -2.17. The van der Waals surface area contributed by atoms with Gasteiger partial charge in [-0.3, -0.25) is 4.79 Å².